The zero-order valence-corrected chi connectivity index (χ0v) is 15.3. The second-order valence-corrected chi connectivity index (χ2v) is 6.35. The first-order valence-corrected chi connectivity index (χ1v) is 8.64. The Bertz CT molecular complexity index is 897. The van der Waals surface area contributed by atoms with E-state index in [9.17, 15) is 4.79 Å². The molecule has 1 unspecified atom stereocenters. The van der Waals surface area contributed by atoms with Crippen LogP contribution in [0.25, 0.3) is 0 Å². The zero-order valence-electron chi connectivity index (χ0n) is 14.5. The minimum Gasteiger partial charge on any atom is -0.362 e. The fraction of sp³-hybridized carbons (Fsp3) is 0.150. The Labute approximate surface area is 157 Å². The van der Waals surface area contributed by atoms with Crippen molar-refractivity contribution in [2.24, 2.45) is 0 Å². The van der Waals surface area contributed by atoms with Gasteiger partial charge in [0.05, 0.1) is 0 Å². The van der Waals surface area contributed by atoms with Crippen molar-refractivity contribution in [1.82, 2.24) is 10.2 Å². The maximum atomic E-state index is 12.4. The predicted molar refractivity (Wildman–Crippen MR) is 105 cm³/mol. The van der Waals surface area contributed by atoms with Crippen molar-refractivity contribution in [2.75, 3.05) is 10.6 Å². The van der Waals surface area contributed by atoms with E-state index >= 15 is 0 Å². The van der Waals surface area contributed by atoms with E-state index < -0.39 is 0 Å². The summed E-state index contributed by atoms with van der Waals surface area (Å²) in [6.45, 7) is 3.89. The number of amides is 1. The summed E-state index contributed by atoms with van der Waals surface area (Å²) >= 11 is 6.08. The zero-order chi connectivity index (χ0) is 18.5. The van der Waals surface area contributed by atoms with Crippen LogP contribution in [0.4, 0.5) is 11.5 Å². The van der Waals surface area contributed by atoms with Gasteiger partial charge in [0.25, 0.3) is 5.91 Å². The maximum Gasteiger partial charge on any atom is 0.276 e. The number of hydrogen-bond acceptors (Lipinski definition) is 4. The molecule has 5 nitrogen and oxygen atoms in total. The number of carbonyl (C=O) groups is 1. The molecule has 0 saturated heterocycles. The van der Waals surface area contributed by atoms with Crippen molar-refractivity contribution in [1.29, 1.82) is 0 Å². The van der Waals surface area contributed by atoms with E-state index in [0.29, 0.717) is 16.5 Å². The van der Waals surface area contributed by atoms with Crippen molar-refractivity contribution in [3.8, 4) is 0 Å². The van der Waals surface area contributed by atoms with Gasteiger partial charge in [-0.1, -0.05) is 48.0 Å². The summed E-state index contributed by atoms with van der Waals surface area (Å²) in [4.78, 5) is 12.4. The van der Waals surface area contributed by atoms with Crippen LogP contribution in [-0.2, 0) is 0 Å². The predicted octanol–water partition coefficient (Wildman–Crippen LogP) is 4.86. The highest BCUT2D eigenvalue weighted by Gasteiger charge is 2.12. The number of halogens is 1. The van der Waals surface area contributed by atoms with Gasteiger partial charge in [-0.15, -0.1) is 10.2 Å². The molecule has 0 bridgehead atoms. The Morgan fingerprint density at radius 2 is 1.77 bits per heavy atom. The van der Waals surface area contributed by atoms with E-state index in [2.05, 4.69) is 20.8 Å². The first-order valence-electron chi connectivity index (χ1n) is 8.26. The summed E-state index contributed by atoms with van der Waals surface area (Å²) in [7, 11) is 0. The second kappa shape index (κ2) is 7.97. The molecule has 26 heavy (non-hydrogen) atoms. The number of carbonyl (C=O) groups excluding carboxylic acids is 1. The standard InChI is InChI=1S/C20H19ClN4O/c1-13-16(21)9-6-10-17(13)23-20(26)18-11-12-19(25-24-18)22-14(2)15-7-4-3-5-8-15/h3-12,14H,1-2H3,(H,22,25)(H,23,26). The van der Waals surface area contributed by atoms with Crippen LogP contribution >= 0.6 is 11.6 Å². The van der Waals surface area contributed by atoms with E-state index in [-0.39, 0.29) is 17.6 Å². The average Bonchev–Trinajstić information content (AvgIpc) is 2.66. The average molecular weight is 367 g/mol. The lowest BCUT2D eigenvalue weighted by atomic mass is 10.1. The van der Waals surface area contributed by atoms with Crippen molar-refractivity contribution in [3.05, 3.63) is 82.5 Å². The molecule has 0 aliphatic rings. The van der Waals surface area contributed by atoms with Crippen LogP contribution in [0.1, 0.15) is 34.6 Å². The molecule has 132 valence electrons. The number of aromatic nitrogens is 2. The topological polar surface area (TPSA) is 66.9 Å². The van der Waals surface area contributed by atoms with Gasteiger partial charge >= 0.3 is 0 Å². The summed E-state index contributed by atoms with van der Waals surface area (Å²) < 4.78 is 0. The molecule has 1 atom stereocenters. The van der Waals surface area contributed by atoms with Crippen LogP contribution in [0.15, 0.2) is 60.7 Å². The molecule has 1 aromatic heterocycles. The molecule has 2 aromatic carbocycles. The third-order valence-electron chi connectivity index (χ3n) is 4.08. The number of nitrogens with zero attached hydrogens (tertiary/aromatic N) is 2. The molecular weight excluding hydrogens is 348 g/mol. The Kier molecular flexibility index (Phi) is 5.49. The highest BCUT2D eigenvalue weighted by Crippen LogP contribution is 2.23. The molecule has 2 N–H and O–H groups in total. The van der Waals surface area contributed by atoms with Crippen LogP contribution in [-0.4, -0.2) is 16.1 Å². The minimum atomic E-state index is -0.328. The number of rotatable bonds is 5. The number of benzene rings is 2. The van der Waals surface area contributed by atoms with E-state index in [1.807, 2.05) is 44.2 Å². The van der Waals surface area contributed by atoms with Crippen LogP contribution in [0.3, 0.4) is 0 Å². The van der Waals surface area contributed by atoms with Crippen molar-refractivity contribution >= 4 is 29.0 Å². The molecule has 0 spiro atoms. The fourth-order valence-corrected chi connectivity index (χ4v) is 2.68. The van der Waals surface area contributed by atoms with Crippen LogP contribution < -0.4 is 10.6 Å². The van der Waals surface area contributed by atoms with Crippen LogP contribution in [0, 0.1) is 6.92 Å². The quantitative estimate of drug-likeness (QED) is 0.676. The summed E-state index contributed by atoms with van der Waals surface area (Å²) in [6.07, 6.45) is 0. The van der Waals surface area contributed by atoms with E-state index in [4.69, 9.17) is 11.6 Å². The highest BCUT2D eigenvalue weighted by molar-refractivity contribution is 6.31. The third-order valence-corrected chi connectivity index (χ3v) is 4.49. The van der Waals surface area contributed by atoms with Crippen LogP contribution in [0.2, 0.25) is 5.02 Å². The van der Waals surface area contributed by atoms with Crippen molar-refractivity contribution in [2.45, 2.75) is 19.9 Å². The van der Waals surface area contributed by atoms with Gasteiger partial charge in [-0.25, -0.2) is 0 Å². The molecule has 0 radical (unpaired) electrons. The number of hydrogen-bond donors (Lipinski definition) is 2. The van der Waals surface area contributed by atoms with Gasteiger partial charge < -0.3 is 10.6 Å². The Balaban J connectivity index is 1.67. The first-order chi connectivity index (χ1) is 12.5. The van der Waals surface area contributed by atoms with Crippen molar-refractivity contribution in [3.63, 3.8) is 0 Å². The fourth-order valence-electron chi connectivity index (χ4n) is 2.51. The minimum absolute atomic E-state index is 0.0827. The van der Waals surface area contributed by atoms with Gasteiger partial charge in [0, 0.05) is 16.8 Å². The SMILES string of the molecule is Cc1c(Cl)cccc1NC(=O)c1ccc(NC(C)c2ccccc2)nn1. The lowest BCUT2D eigenvalue weighted by Gasteiger charge is -2.14. The summed E-state index contributed by atoms with van der Waals surface area (Å²) in [5.41, 5.74) is 2.85. The molecule has 0 saturated carbocycles. The van der Waals surface area contributed by atoms with Gasteiger partial charge in [-0.3, -0.25) is 4.79 Å². The Morgan fingerprint density at radius 3 is 2.46 bits per heavy atom. The van der Waals surface area contributed by atoms with Gasteiger partial charge in [0.1, 0.15) is 5.82 Å². The third kappa shape index (κ3) is 4.18. The summed E-state index contributed by atoms with van der Waals surface area (Å²) in [5.74, 6) is 0.280. The largest absolute Gasteiger partial charge is 0.362 e. The number of anilines is 2. The lowest BCUT2D eigenvalue weighted by molar-refractivity contribution is 0.102. The summed E-state index contributed by atoms with van der Waals surface area (Å²) in [5, 5.41) is 14.8. The molecule has 3 aromatic rings. The first kappa shape index (κ1) is 17.9. The molecule has 0 fully saturated rings. The summed E-state index contributed by atoms with van der Waals surface area (Å²) in [6, 6.07) is 18.9. The van der Waals surface area contributed by atoms with Gasteiger partial charge in [0.15, 0.2) is 5.69 Å². The lowest BCUT2D eigenvalue weighted by Crippen LogP contribution is -2.16. The normalized spacial score (nSPS) is 11.7. The number of nitrogens with one attached hydrogen (secondary N) is 2. The molecule has 6 heteroatoms. The van der Waals surface area contributed by atoms with Crippen molar-refractivity contribution < 1.29 is 4.79 Å². The monoisotopic (exact) mass is 366 g/mol. The van der Waals surface area contributed by atoms with Crippen LogP contribution in [0.5, 0.6) is 0 Å². The Hall–Kier alpha value is -2.92. The molecule has 1 heterocycles. The highest BCUT2D eigenvalue weighted by atomic mass is 35.5. The molecule has 1 amide bonds. The molecule has 3 rings (SSSR count). The van der Waals surface area contributed by atoms with E-state index in [1.54, 1.807) is 30.3 Å². The molecule has 0 aliphatic heterocycles. The van der Waals surface area contributed by atoms with Gasteiger partial charge in [-0.2, -0.15) is 0 Å². The molecule has 0 aliphatic carbocycles. The Morgan fingerprint density at radius 1 is 1.00 bits per heavy atom. The smallest absolute Gasteiger partial charge is 0.276 e. The second-order valence-electron chi connectivity index (χ2n) is 5.95. The van der Waals surface area contributed by atoms with E-state index in [1.165, 1.54) is 0 Å². The van der Waals surface area contributed by atoms with Gasteiger partial charge in [-0.05, 0) is 49.2 Å². The van der Waals surface area contributed by atoms with E-state index in [0.717, 1.165) is 11.1 Å². The van der Waals surface area contributed by atoms with Gasteiger partial charge in [0.2, 0.25) is 0 Å². The maximum absolute atomic E-state index is 12.4. The molecular formula is C20H19ClN4O.